The maximum atomic E-state index is 12.4. The van der Waals surface area contributed by atoms with Crippen LogP contribution in [0.25, 0.3) is 0 Å². The van der Waals surface area contributed by atoms with Crippen LogP contribution in [-0.4, -0.2) is 41.4 Å². The first-order valence-corrected chi connectivity index (χ1v) is 12.0. The molecule has 1 aliphatic carbocycles. The minimum absolute atomic E-state index is 0.162. The Kier molecular flexibility index (Phi) is 8.63. The van der Waals surface area contributed by atoms with Gasteiger partial charge in [-0.25, -0.2) is 0 Å². The predicted molar refractivity (Wildman–Crippen MR) is 117 cm³/mol. The van der Waals surface area contributed by atoms with Crippen molar-refractivity contribution in [2.45, 2.75) is 56.7 Å². The average molecular weight is 429 g/mol. The second kappa shape index (κ2) is 10.9. The zero-order chi connectivity index (χ0) is 19.1. The molecule has 1 N–H and O–H groups in total. The Labute approximate surface area is 177 Å². The monoisotopic (exact) mass is 428 g/mol. The van der Waals surface area contributed by atoms with E-state index in [0.29, 0.717) is 10.0 Å². The van der Waals surface area contributed by atoms with Gasteiger partial charge in [0.1, 0.15) is 0 Å². The Morgan fingerprint density at radius 3 is 2.52 bits per heavy atom. The summed E-state index contributed by atoms with van der Waals surface area (Å²) in [6, 6.07) is 5.81. The molecule has 1 saturated heterocycles. The molecule has 2 fully saturated rings. The van der Waals surface area contributed by atoms with E-state index < -0.39 is 0 Å². The van der Waals surface area contributed by atoms with E-state index in [1.165, 1.54) is 37.7 Å². The van der Waals surface area contributed by atoms with Crippen LogP contribution in [0.3, 0.4) is 0 Å². The molecule has 0 unspecified atom stereocenters. The Bertz CT molecular complexity index is 614. The predicted octanol–water partition coefficient (Wildman–Crippen LogP) is 5.39. The fraction of sp³-hybridized carbons (Fsp3) is 0.667. The molecule has 1 aromatic rings. The van der Waals surface area contributed by atoms with Crippen LogP contribution in [0, 0.1) is 5.92 Å². The number of nitrogens with one attached hydrogen (secondary N) is 1. The minimum atomic E-state index is 0.162. The number of rotatable bonds is 7. The van der Waals surface area contributed by atoms with Crippen molar-refractivity contribution in [3.05, 3.63) is 33.8 Å². The van der Waals surface area contributed by atoms with E-state index in [1.54, 1.807) is 0 Å². The van der Waals surface area contributed by atoms with Crippen LogP contribution in [0.1, 0.15) is 50.5 Å². The van der Waals surface area contributed by atoms with Crippen LogP contribution >= 0.6 is 35.0 Å². The molecule has 150 valence electrons. The lowest BCUT2D eigenvalue weighted by Gasteiger charge is -2.31. The van der Waals surface area contributed by atoms with Crippen molar-refractivity contribution in [2.75, 3.05) is 25.4 Å². The van der Waals surface area contributed by atoms with Crippen LogP contribution in [0.5, 0.6) is 0 Å². The molecule has 0 bridgehead atoms. The average Bonchev–Trinajstić information content (AvgIpc) is 2.69. The Balaban J connectivity index is 1.32. The standard InChI is InChI=1S/C21H30Cl2N2OS/c22-19-7-6-16(14-20(19)23)15-25-11-8-17(9-12-25)21(26)24-10-13-27-18-4-2-1-3-5-18/h6-7,14,17-18H,1-5,8-13,15H2,(H,24,26). The van der Waals surface area contributed by atoms with Crippen molar-refractivity contribution in [1.82, 2.24) is 10.2 Å². The van der Waals surface area contributed by atoms with Crippen LogP contribution in [-0.2, 0) is 11.3 Å². The largest absolute Gasteiger partial charge is 0.355 e. The van der Waals surface area contributed by atoms with E-state index >= 15 is 0 Å². The molecule has 1 saturated carbocycles. The number of piperidine rings is 1. The first-order valence-electron chi connectivity index (χ1n) is 10.2. The van der Waals surface area contributed by atoms with E-state index in [0.717, 1.165) is 50.0 Å². The van der Waals surface area contributed by atoms with Crippen LogP contribution in [0.15, 0.2) is 18.2 Å². The molecule has 6 heteroatoms. The van der Waals surface area contributed by atoms with Crippen molar-refractivity contribution < 1.29 is 4.79 Å². The molecule has 0 aromatic heterocycles. The van der Waals surface area contributed by atoms with Crippen LogP contribution in [0.4, 0.5) is 0 Å². The molecular formula is C21H30Cl2N2OS. The van der Waals surface area contributed by atoms with Crippen LogP contribution < -0.4 is 5.32 Å². The number of hydrogen-bond donors (Lipinski definition) is 1. The summed E-state index contributed by atoms with van der Waals surface area (Å²) in [6.07, 6.45) is 8.74. The van der Waals surface area contributed by atoms with Crippen molar-refractivity contribution in [3.63, 3.8) is 0 Å². The zero-order valence-electron chi connectivity index (χ0n) is 15.9. The number of benzene rings is 1. The molecule has 0 spiro atoms. The van der Waals surface area contributed by atoms with E-state index in [1.807, 2.05) is 30.0 Å². The lowest BCUT2D eigenvalue weighted by atomic mass is 9.95. The fourth-order valence-electron chi connectivity index (χ4n) is 4.03. The number of amides is 1. The van der Waals surface area contributed by atoms with E-state index in [4.69, 9.17) is 23.2 Å². The van der Waals surface area contributed by atoms with E-state index in [-0.39, 0.29) is 11.8 Å². The van der Waals surface area contributed by atoms with Gasteiger partial charge in [0.2, 0.25) is 5.91 Å². The van der Waals surface area contributed by atoms with Gasteiger partial charge in [-0.2, -0.15) is 11.8 Å². The van der Waals surface area contributed by atoms with Gasteiger partial charge in [-0.1, -0.05) is 48.5 Å². The molecule has 1 amide bonds. The lowest BCUT2D eigenvalue weighted by molar-refractivity contribution is -0.126. The van der Waals surface area contributed by atoms with Gasteiger partial charge in [0.15, 0.2) is 0 Å². The molecule has 3 rings (SSSR count). The highest BCUT2D eigenvalue weighted by molar-refractivity contribution is 7.99. The maximum Gasteiger partial charge on any atom is 0.223 e. The summed E-state index contributed by atoms with van der Waals surface area (Å²) in [6.45, 7) is 3.58. The van der Waals surface area contributed by atoms with Gasteiger partial charge in [-0.05, 0) is 56.5 Å². The van der Waals surface area contributed by atoms with Crippen molar-refractivity contribution in [3.8, 4) is 0 Å². The van der Waals surface area contributed by atoms with Crippen molar-refractivity contribution >= 4 is 40.9 Å². The van der Waals surface area contributed by atoms with Gasteiger partial charge < -0.3 is 5.32 Å². The molecule has 1 aromatic carbocycles. The Morgan fingerprint density at radius 1 is 1.07 bits per heavy atom. The van der Waals surface area contributed by atoms with Gasteiger partial charge in [0.25, 0.3) is 0 Å². The number of carbonyl (C=O) groups is 1. The lowest BCUT2D eigenvalue weighted by Crippen LogP contribution is -2.40. The van der Waals surface area contributed by atoms with Crippen LogP contribution in [0.2, 0.25) is 10.0 Å². The first kappa shape index (κ1) is 21.3. The van der Waals surface area contributed by atoms with E-state index in [9.17, 15) is 4.79 Å². The highest BCUT2D eigenvalue weighted by atomic mass is 35.5. The maximum absolute atomic E-state index is 12.4. The first-order chi connectivity index (χ1) is 13.1. The summed E-state index contributed by atoms with van der Waals surface area (Å²) in [5.74, 6) is 1.45. The summed E-state index contributed by atoms with van der Waals surface area (Å²) >= 11 is 14.1. The molecule has 27 heavy (non-hydrogen) atoms. The fourth-order valence-corrected chi connectivity index (χ4v) is 5.57. The highest BCUT2D eigenvalue weighted by Crippen LogP contribution is 2.28. The molecule has 3 nitrogen and oxygen atoms in total. The molecule has 2 aliphatic rings. The third kappa shape index (κ3) is 6.85. The third-order valence-corrected chi connectivity index (χ3v) is 7.78. The Hall–Kier alpha value is -0.420. The highest BCUT2D eigenvalue weighted by Gasteiger charge is 2.25. The molecule has 1 aliphatic heterocycles. The number of nitrogens with zero attached hydrogens (tertiary/aromatic N) is 1. The quantitative estimate of drug-likeness (QED) is 0.590. The van der Waals surface area contributed by atoms with Gasteiger partial charge in [-0.15, -0.1) is 0 Å². The summed E-state index contributed by atoms with van der Waals surface area (Å²) in [7, 11) is 0. The Morgan fingerprint density at radius 2 is 1.81 bits per heavy atom. The summed E-state index contributed by atoms with van der Waals surface area (Å²) < 4.78 is 0. The summed E-state index contributed by atoms with van der Waals surface area (Å²) in [4.78, 5) is 14.8. The second-order valence-electron chi connectivity index (χ2n) is 7.72. The number of carbonyl (C=O) groups excluding carboxylic acids is 1. The number of thioether (sulfide) groups is 1. The van der Waals surface area contributed by atoms with Gasteiger partial charge in [0, 0.05) is 30.0 Å². The SMILES string of the molecule is O=C(NCCSC1CCCCC1)C1CCN(Cc2ccc(Cl)c(Cl)c2)CC1. The summed E-state index contributed by atoms with van der Waals surface area (Å²) in [5.41, 5.74) is 1.17. The third-order valence-electron chi connectivity index (χ3n) is 5.66. The van der Waals surface area contributed by atoms with Crippen molar-refractivity contribution in [2.24, 2.45) is 5.92 Å². The normalized spacial score (nSPS) is 19.9. The molecular weight excluding hydrogens is 399 g/mol. The molecule has 0 atom stereocenters. The van der Waals surface area contributed by atoms with Gasteiger partial charge in [-0.3, -0.25) is 9.69 Å². The van der Waals surface area contributed by atoms with Gasteiger partial charge in [0.05, 0.1) is 10.0 Å². The van der Waals surface area contributed by atoms with Gasteiger partial charge >= 0.3 is 0 Å². The number of halogens is 2. The van der Waals surface area contributed by atoms with Crippen molar-refractivity contribution in [1.29, 1.82) is 0 Å². The zero-order valence-corrected chi connectivity index (χ0v) is 18.2. The molecule has 0 radical (unpaired) electrons. The molecule has 1 heterocycles. The number of hydrogen-bond acceptors (Lipinski definition) is 3. The smallest absolute Gasteiger partial charge is 0.223 e. The van der Waals surface area contributed by atoms with E-state index in [2.05, 4.69) is 10.2 Å². The summed E-state index contributed by atoms with van der Waals surface area (Å²) in [5, 5.41) is 5.18. The topological polar surface area (TPSA) is 32.3 Å². The minimum Gasteiger partial charge on any atom is -0.355 e. The second-order valence-corrected chi connectivity index (χ2v) is 9.94. The number of likely N-dealkylation sites (tertiary alicyclic amines) is 1.